The van der Waals surface area contributed by atoms with Crippen LogP contribution in [-0.2, 0) is 0 Å². The van der Waals surface area contributed by atoms with Gasteiger partial charge in [0.15, 0.2) is 5.82 Å². The van der Waals surface area contributed by atoms with Crippen molar-refractivity contribution < 1.29 is 4.42 Å². The first-order chi connectivity index (χ1) is 22.2. The third-order valence-corrected chi connectivity index (χ3v) is 8.30. The zero-order valence-electron chi connectivity index (χ0n) is 24.8. The summed E-state index contributed by atoms with van der Waals surface area (Å²) < 4.78 is 8.75. The first-order valence-electron chi connectivity index (χ1n) is 15.1. The van der Waals surface area contributed by atoms with Gasteiger partial charge in [0.05, 0.1) is 22.1 Å². The van der Waals surface area contributed by atoms with Crippen LogP contribution in [0.4, 0.5) is 0 Å². The minimum absolute atomic E-state index is 0.579. The Kier molecular flexibility index (Phi) is 6.46. The molecule has 3 heterocycles. The Morgan fingerprint density at radius 3 is 2.20 bits per heavy atom. The summed E-state index contributed by atoms with van der Waals surface area (Å²) in [4.78, 5) is 10.0. The van der Waals surface area contributed by atoms with Crippen LogP contribution < -0.4 is 0 Å². The monoisotopic (exact) mass is 579 g/mol. The maximum Gasteiger partial charge on any atom is 0.231 e. The molecule has 0 aliphatic heterocycles. The minimum atomic E-state index is 0.579. The zero-order chi connectivity index (χ0) is 30.3. The topological polar surface area (TPSA) is 43.9 Å². The standard InChI is InChI=1S/C41H29N3O/c1-3-14-30(15-4-2)44-34-22-12-11-20-32(34)37-31(21-13-23-35(37)44)29-24-25-36-33(26-29)38-39(27-16-7-5-8-17-27)42-40(43-41(38)45-36)28-18-9-6-10-19-28/h3-26H,1H2,2H3/b15-4-,30-14+. The highest BCUT2D eigenvalue weighted by atomic mass is 16.3. The summed E-state index contributed by atoms with van der Waals surface area (Å²) >= 11 is 0. The van der Waals surface area contributed by atoms with Crippen molar-refractivity contribution in [2.24, 2.45) is 0 Å². The molecule has 5 aromatic carbocycles. The molecule has 4 nitrogen and oxygen atoms in total. The average molecular weight is 580 g/mol. The number of benzene rings is 5. The number of aromatic nitrogens is 3. The second kappa shape index (κ2) is 10.9. The minimum Gasteiger partial charge on any atom is -0.438 e. The van der Waals surface area contributed by atoms with E-state index in [2.05, 4.69) is 102 Å². The molecule has 4 heteroatoms. The molecule has 0 atom stereocenters. The molecule has 0 unspecified atom stereocenters. The van der Waals surface area contributed by atoms with Gasteiger partial charge in [-0.05, 0) is 54.5 Å². The molecule has 0 amide bonds. The molecule has 0 fully saturated rings. The van der Waals surface area contributed by atoms with Crippen molar-refractivity contribution in [3.8, 4) is 33.8 Å². The Bertz CT molecular complexity index is 2440. The van der Waals surface area contributed by atoms with Crippen LogP contribution in [0, 0.1) is 0 Å². The lowest BCUT2D eigenvalue weighted by molar-refractivity contribution is 0.653. The first kappa shape index (κ1) is 26.6. The molecule has 0 saturated heterocycles. The Balaban J connectivity index is 1.41. The van der Waals surface area contributed by atoms with Gasteiger partial charge in [0.1, 0.15) is 5.58 Å². The van der Waals surface area contributed by atoms with Gasteiger partial charge in [0.25, 0.3) is 0 Å². The molecular formula is C41H29N3O. The van der Waals surface area contributed by atoms with Gasteiger partial charge in [-0.2, -0.15) is 4.98 Å². The number of furan rings is 1. The molecular weight excluding hydrogens is 550 g/mol. The van der Waals surface area contributed by atoms with Crippen molar-refractivity contribution in [2.45, 2.75) is 6.92 Å². The Labute approximate surface area is 260 Å². The van der Waals surface area contributed by atoms with Crippen molar-refractivity contribution >= 4 is 49.6 Å². The lowest BCUT2D eigenvalue weighted by Crippen LogP contribution is -1.94. The summed E-state index contributed by atoms with van der Waals surface area (Å²) in [5.41, 5.74) is 9.79. The van der Waals surface area contributed by atoms with Crippen LogP contribution in [-0.4, -0.2) is 14.5 Å². The number of hydrogen-bond donors (Lipinski definition) is 0. The van der Waals surface area contributed by atoms with Crippen LogP contribution in [0.5, 0.6) is 0 Å². The summed E-state index contributed by atoms with van der Waals surface area (Å²) in [6, 6.07) is 41.9. The molecule has 45 heavy (non-hydrogen) atoms. The molecule has 0 N–H and O–H groups in total. The van der Waals surface area contributed by atoms with Crippen LogP contribution >= 0.6 is 0 Å². The van der Waals surface area contributed by atoms with Gasteiger partial charge in [-0.15, -0.1) is 0 Å². The van der Waals surface area contributed by atoms with E-state index in [1.165, 1.54) is 10.8 Å². The van der Waals surface area contributed by atoms with E-state index in [0.29, 0.717) is 11.5 Å². The highest BCUT2D eigenvalue weighted by molar-refractivity contribution is 6.18. The molecule has 0 aliphatic carbocycles. The molecule has 0 saturated carbocycles. The van der Waals surface area contributed by atoms with E-state index < -0.39 is 0 Å². The SMILES string of the molecule is C=C/C=C(\C=C/C)n1c2ccccc2c2c(-c3ccc4oc5nc(-c6ccccc6)nc(-c6ccccc6)c5c4c3)cccc21. The highest BCUT2D eigenvalue weighted by Gasteiger charge is 2.20. The molecule has 3 aromatic heterocycles. The van der Waals surface area contributed by atoms with Crippen molar-refractivity contribution in [3.05, 3.63) is 152 Å². The summed E-state index contributed by atoms with van der Waals surface area (Å²) in [6.45, 7) is 6.01. The molecule has 0 bridgehead atoms. The maximum atomic E-state index is 6.44. The van der Waals surface area contributed by atoms with Gasteiger partial charge in [-0.25, -0.2) is 4.98 Å². The summed E-state index contributed by atoms with van der Waals surface area (Å²) in [5, 5.41) is 4.30. The van der Waals surface area contributed by atoms with Crippen molar-refractivity contribution in [2.75, 3.05) is 0 Å². The predicted molar refractivity (Wildman–Crippen MR) is 188 cm³/mol. The van der Waals surface area contributed by atoms with E-state index >= 15 is 0 Å². The molecule has 0 aliphatic rings. The quantitative estimate of drug-likeness (QED) is 0.184. The predicted octanol–water partition coefficient (Wildman–Crippen LogP) is 11.1. The van der Waals surface area contributed by atoms with Crippen molar-refractivity contribution in [1.82, 2.24) is 14.5 Å². The van der Waals surface area contributed by atoms with Crippen LogP contribution in [0.1, 0.15) is 6.92 Å². The average Bonchev–Trinajstić information content (AvgIpc) is 3.64. The number of fused-ring (bicyclic) bond motifs is 6. The van der Waals surface area contributed by atoms with Crippen molar-refractivity contribution in [3.63, 3.8) is 0 Å². The lowest BCUT2D eigenvalue weighted by Gasteiger charge is -2.10. The molecule has 0 spiro atoms. The molecule has 0 radical (unpaired) electrons. The van der Waals surface area contributed by atoms with Crippen LogP contribution in [0.2, 0.25) is 0 Å². The maximum absolute atomic E-state index is 6.44. The van der Waals surface area contributed by atoms with Crippen LogP contribution in [0.3, 0.4) is 0 Å². The van der Waals surface area contributed by atoms with Crippen LogP contribution in [0.25, 0.3) is 83.3 Å². The van der Waals surface area contributed by atoms with Gasteiger partial charge < -0.3 is 8.98 Å². The number of nitrogens with zero attached hydrogens (tertiary/aromatic N) is 3. The number of hydrogen-bond acceptors (Lipinski definition) is 3. The fourth-order valence-electron chi connectivity index (χ4n) is 6.40. The van der Waals surface area contributed by atoms with Gasteiger partial charge in [-0.3, -0.25) is 0 Å². The third-order valence-electron chi connectivity index (χ3n) is 8.30. The largest absolute Gasteiger partial charge is 0.438 e. The van der Waals surface area contributed by atoms with E-state index in [9.17, 15) is 0 Å². The molecule has 214 valence electrons. The molecule has 8 rings (SSSR count). The third kappa shape index (κ3) is 4.38. The summed E-state index contributed by atoms with van der Waals surface area (Å²) in [5.74, 6) is 0.642. The summed E-state index contributed by atoms with van der Waals surface area (Å²) in [7, 11) is 0. The van der Waals surface area contributed by atoms with Crippen molar-refractivity contribution in [1.29, 1.82) is 0 Å². The number of allylic oxidation sites excluding steroid dienone is 5. The Morgan fingerprint density at radius 1 is 0.689 bits per heavy atom. The van der Waals surface area contributed by atoms with E-state index in [-0.39, 0.29) is 0 Å². The zero-order valence-corrected chi connectivity index (χ0v) is 24.8. The Morgan fingerprint density at radius 2 is 1.42 bits per heavy atom. The highest BCUT2D eigenvalue weighted by Crippen LogP contribution is 2.42. The smallest absolute Gasteiger partial charge is 0.231 e. The van der Waals surface area contributed by atoms with Gasteiger partial charge in [0, 0.05) is 33.0 Å². The van der Waals surface area contributed by atoms with E-state index in [4.69, 9.17) is 14.4 Å². The fraction of sp³-hybridized carbons (Fsp3) is 0.0244. The van der Waals surface area contributed by atoms with Gasteiger partial charge >= 0.3 is 0 Å². The van der Waals surface area contributed by atoms with Gasteiger partial charge in [0.2, 0.25) is 5.71 Å². The number of rotatable bonds is 6. The second-order valence-electron chi connectivity index (χ2n) is 11.0. The Hall–Kier alpha value is -6.00. The van der Waals surface area contributed by atoms with Crippen LogP contribution in [0.15, 0.2) is 157 Å². The molecule has 8 aromatic rings. The number of para-hydroxylation sites is 1. The van der Waals surface area contributed by atoms with E-state index in [0.717, 1.165) is 61.0 Å². The van der Waals surface area contributed by atoms with E-state index in [1.54, 1.807) is 0 Å². The van der Waals surface area contributed by atoms with Gasteiger partial charge in [-0.1, -0.05) is 116 Å². The lowest BCUT2D eigenvalue weighted by atomic mass is 9.97. The summed E-state index contributed by atoms with van der Waals surface area (Å²) in [6.07, 6.45) is 8.08. The first-order valence-corrected chi connectivity index (χ1v) is 15.1. The normalized spacial score (nSPS) is 12.2. The van der Waals surface area contributed by atoms with E-state index in [1.807, 2.05) is 61.5 Å². The fourth-order valence-corrected chi connectivity index (χ4v) is 6.40. The second-order valence-corrected chi connectivity index (χ2v) is 11.0.